The fourth-order valence-corrected chi connectivity index (χ4v) is 3.43. The van der Waals surface area contributed by atoms with Crippen LogP contribution in [0.4, 0.5) is 0 Å². The number of ether oxygens (including phenoxy) is 2. The SMILES string of the molecule is CCOc1cc(/C=N/NC(=O)c2ccccc2Br)ccc1OCc1ccc(I)cc1. The van der Waals surface area contributed by atoms with Crippen molar-refractivity contribution in [1.82, 2.24) is 5.43 Å². The molecule has 5 nitrogen and oxygen atoms in total. The number of hydrogen-bond acceptors (Lipinski definition) is 4. The Morgan fingerprint density at radius 1 is 1.07 bits per heavy atom. The van der Waals surface area contributed by atoms with Gasteiger partial charge in [0, 0.05) is 8.04 Å². The van der Waals surface area contributed by atoms with Gasteiger partial charge in [0.05, 0.1) is 18.4 Å². The predicted octanol–water partition coefficient (Wildman–Crippen LogP) is 5.80. The van der Waals surface area contributed by atoms with Crippen LogP contribution in [0.15, 0.2) is 76.3 Å². The lowest BCUT2D eigenvalue weighted by atomic mass is 10.2. The van der Waals surface area contributed by atoms with Crippen LogP contribution in [0.25, 0.3) is 0 Å². The maximum absolute atomic E-state index is 12.2. The van der Waals surface area contributed by atoms with Gasteiger partial charge in [-0.3, -0.25) is 4.79 Å². The van der Waals surface area contributed by atoms with Crippen molar-refractivity contribution in [3.05, 3.63) is 91.5 Å². The summed E-state index contributed by atoms with van der Waals surface area (Å²) < 4.78 is 13.5. The normalized spacial score (nSPS) is 10.8. The third kappa shape index (κ3) is 6.30. The van der Waals surface area contributed by atoms with Gasteiger partial charge in [0.25, 0.3) is 5.91 Å². The monoisotopic (exact) mass is 578 g/mol. The van der Waals surface area contributed by atoms with Gasteiger partial charge in [0.15, 0.2) is 11.5 Å². The van der Waals surface area contributed by atoms with Gasteiger partial charge >= 0.3 is 0 Å². The Morgan fingerprint density at radius 2 is 1.83 bits per heavy atom. The minimum atomic E-state index is -0.291. The molecule has 154 valence electrons. The average molecular weight is 579 g/mol. The van der Waals surface area contributed by atoms with Crippen LogP contribution in [-0.4, -0.2) is 18.7 Å². The molecule has 3 aromatic carbocycles. The van der Waals surface area contributed by atoms with E-state index in [0.29, 0.717) is 34.7 Å². The Balaban J connectivity index is 1.66. The van der Waals surface area contributed by atoms with Gasteiger partial charge in [0.1, 0.15) is 6.61 Å². The number of hydrogen-bond donors (Lipinski definition) is 1. The van der Waals surface area contributed by atoms with E-state index in [9.17, 15) is 4.79 Å². The Morgan fingerprint density at radius 3 is 2.57 bits per heavy atom. The zero-order chi connectivity index (χ0) is 21.3. The van der Waals surface area contributed by atoms with Crippen LogP contribution in [0.5, 0.6) is 11.5 Å². The topological polar surface area (TPSA) is 59.9 Å². The van der Waals surface area contributed by atoms with Gasteiger partial charge in [-0.2, -0.15) is 5.10 Å². The third-order valence-electron chi connectivity index (χ3n) is 4.07. The summed E-state index contributed by atoms with van der Waals surface area (Å²) in [5.74, 6) is 0.995. The molecule has 0 aliphatic heterocycles. The maximum atomic E-state index is 12.2. The Bertz CT molecular complexity index is 1040. The summed E-state index contributed by atoms with van der Waals surface area (Å²) in [6.07, 6.45) is 1.57. The molecule has 0 aliphatic rings. The highest BCUT2D eigenvalue weighted by Crippen LogP contribution is 2.29. The number of carbonyl (C=O) groups is 1. The van der Waals surface area contributed by atoms with Crippen molar-refractivity contribution in [2.45, 2.75) is 13.5 Å². The number of rotatable bonds is 8. The van der Waals surface area contributed by atoms with E-state index in [4.69, 9.17) is 9.47 Å². The second-order valence-corrected chi connectivity index (χ2v) is 8.33. The van der Waals surface area contributed by atoms with E-state index < -0.39 is 0 Å². The highest BCUT2D eigenvalue weighted by molar-refractivity contribution is 14.1. The molecule has 3 aromatic rings. The molecule has 0 spiro atoms. The first-order valence-corrected chi connectivity index (χ1v) is 11.2. The van der Waals surface area contributed by atoms with Crippen molar-refractivity contribution in [1.29, 1.82) is 0 Å². The van der Waals surface area contributed by atoms with E-state index in [1.807, 2.05) is 61.5 Å². The van der Waals surface area contributed by atoms with Crippen LogP contribution in [0.2, 0.25) is 0 Å². The predicted molar refractivity (Wildman–Crippen MR) is 130 cm³/mol. The van der Waals surface area contributed by atoms with E-state index >= 15 is 0 Å². The summed E-state index contributed by atoms with van der Waals surface area (Å²) in [4.78, 5) is 12.2. The van der Waals surface area contributed by atoms with Crippen molar-refractivity contribution < 1.29 is 14.3 Å². The first-order valence-electron chi connectivity index (χ1n) is 9.29. The molecular weight excluding hydrogens is 559 g/mol. The molecular formula is C23H20BrIN2O3. The molecule has 0 unspecified atom stereocenters. The first-order chi connectivity index (χ1) is 14.6. The highest BCUT2D eigenvalue weighted by atomic mass is 127. The Labute approximate surface area is 197 Å². The number of hydrazone groups is 1. The molecule has 1 N–H and O–H groups in total. The van der Waals surface area contributed by atoms with Crippen molar-refractivity contribution in [3.63, 3.8) is 0 Å². The van der Waals surface area contributed by atoms with Gasteiger partial charge in [0.2, 0.25) is 0 Å². The zero-order valence-corrected chi connectivity index (χ0v) is 20.0. The molecule has 0 heterocycles. The average Bonchev–Trinajstić information content (AvgIpc) is 2.75. The van der Waals surface area contributed by atoms with E-state index in [0.717, 1.165) is 11.1 Å². The molecule has 0 aliphatic carbocycles. The number of benzene rings is 3. The summed E-state index contributed by atoms with van der Waals surface area (Å²) in [7, 11) is 0. The molecule has 0 fully saturated rings. The standard InChI is InChI=1S/C23H20BrIN2O3/c1-2-29-22-13-17(14-26-27-23(28)19-5-3-4-6-20(19)24)9-12-21(22)30-15-16-7-10-18(25)11-8-16/h3-14H,2,15H2,1H3,(H,27,28)/b26-14+. The summed E-state index contributed by atoms with van der Waals surface area (Å²) in [5.41, 5.74) is 4.92. The summed E-state index contributed by atoms with van der Waals surface area (Å²) in [6.45, 7) is 2.88. The van der Waals surface area contributed by atoms with Crippen LogP contribution < -0.4 is 14.9 Å². The number of carbonyl (C=O) groups excluding carboxylic acids is 1. The van der Waals surface area contributed by atoms with Crippen LogP contribution in [0, 0.1) is 3.57 Å². The molecule has 0 saturated carbocycles. The maximum Gasteiger partial charge on any atom is 0.272 e. The lowest BCUT2D eigenvalue weighted by Crippen LogP contribution is -2.18. The van der Waals surface area contributed by atoms with Crippen molar-refractivity contribution >= 4 is 50.6 Å². The molecule has 0 atom stereocenters. The lowest BCUT2D eigenvalue weighted by Gasteiger charge is -2.12. The van der Waals surface area contributed by atoms with Crippen LogP contribution in [0.1, 0.15) is 28.4 Å². The Kier molecular flexibility index (Phi) is 8.27. The third-order valence-corrected chi connectivity index (χ3v) is 5.48. The Hall–Kier alpha value is -2.39. The van der Waals surface area contributed by atoms with Gasteiger partial charge in [-0.1, -0.05) is 24.3 Å². The minimum absolute atomic E-state index is 0.291. The zero-order valence-electron chi connectivity index (χ0n) is 16.3. The largest absolute Gasteiger partial charge is 0.490 e. The second kappa shape index (κ2) is 11.1. The smallest absolute Gasteiger partial charge is 0.272 e. The van der Waals surface area contributed by atoms with Crippen LogP contribution in [-0.2, 0) is 6.61 Å². The summed E-state index contributed by atoms with van der Waals surface area (Å²) >= 11 is 5.63. The lowest BCUT2D eigenvalue weighted by molar-refractivity contribution is 0.0954. The van der Waals surface area contributed by atoms with Gasteiger partial charge < -0.3 is 9.47 Å². The summed E-state index contributed by atoms with van der Waals surface area (Å²) in [5, 5.41) is 4.05. The number of halogens is 2. The summed E-state index contributed by atoms with van der Waals surface area (Å²) in [6, 6.07) is 20.9. The van der Waals surface area contributed by atoms with Gasteiger partial charge in [-0.15, -0.1) is 0 Å². The fraction of sp³-hybridized carbons (Fsp3) is 0.130. The molecule has 1 amide bonds. The van der Waals surface area contributed by atoms with Gasteiger partial charge in [-0.05, 0) is 99.0 Å². The molecule has 30 heavy (non-hydrogen) atoms. The number of nitrogens with one attached hydrogen (secondary N) is 1. The quantitative estimate of drug-likeness (QED) is 0.209. The first kappa shape index (κ1) is 22.3. The van der Waals surface area contributed by atoms with E-state index in [1.54, 1.807) is 18.3 Å². The van der Waals surface area contributed by atoms with Gasteiger partial charge in [-0.25, -0.2) is 5.43 Å². The van der Waals surface area contributed by atoms with E-state index in [2.05, 4.69) is 49.0 Å². The van der Waals surface area contributed by atoms with E-state index in [1.165, 1.54) is 3.57 Å². The van der Waals surface area contributed by atoms with Crippen molar-refractivity contribution in [2.24, 2.45) is 5.10 Å². The van der Waals surface area contributed by atoms with Crippen LogP contribution in [0.3, 0.4) is 0 Å². The number of nitrogens with zero attached hydrogens (tertiary/aromatic N) is 1. The molecule has 0 saturated heterocycles. The molecule has 0 bridgehead atoms. The second-order valence-electron chi connectivity index (χ2n) is 6.23. The minimum Gasteiger partial charge on any atom is -0.490 e. The molecule has 7 heteroatoms. The van der Waals surface area contributed by atoms with Crippen molar-refractivity contribution in [2.75, 3.05) is 6.61 Å². The highest BCUT2D eigenvalue weighted by Gasteiger charge is 2.09. The molecule has 3 rings (SSSR count). The van der Waals surface area contributed by atoms with E-state index in [-0.39, 0.29) is 5.91 Å². The number of amides is 1. The van der Waals surface area contributed by atoms with Crippen molar-refractivity contribution in [3.8, 4) is 11.5 Å². The fourth-order valence-electron chi connectivity index (χ4n) is 2.61. The molecule has 0 aromatic heterocycles. The van der Waals surface area contributed by atoms with Crippen LogP contribution >= 0.6 is 38.5 Å². The molecule has 0 radical (unpaired) electrons.